The smallest absolute Gasteiger partial charge is 0.317 e. The van der Waals surface area contributed by atoms with Crippen LogP contribution in [-0.4, -0.2) is 45.7 Å². The van der Waals surface area contributed by atoms with Crippen molar-refractivity contribution in [3.8, 4) is 11.4 Å². The molecule has 1 fully saturated rings. The summed E-state index contributed by atoms with van der Waals surface area (Å²) < 4.78 is 5.26. The zero-order valence-corrected chi connectivity index (χ0v) is 11.1. The highest BCUT2D eigenvalue weighted by atomic mass is 16.5. The van der Waals surface area contributed by atoms with E-state index in [1.807, 2.05) is 19.1 Å². The largest absolute Gasteiger partial charge is 0.339 e. The second-order valence-electron chi connectivity index (χ2n) is 4.64. The third-order valence-corrected chi connectivity index (χ3v) is 3.21. The number of pyridine rings is 1. The molecule has 1 aliphatic rings. The number of hydrogen-bond acceptors (Lipinski definition) is 5. The first kappa shape index (κ1) is 12.6. The minimum absolute atomic E-state index is 0.0456. The number of likely N-dealkylation sites (tertiary alicyclic amines) is 1. The normalized spacial score (nSPS) is 14.9. The third-order valence-electron chi connectivity index (χ3n) is 3.21. The molecule has 3 heterocycles. The first-order valence-corrected chi connectivity index (χ1v) is 6.54. The fourth-order valence-corrected chi connectivity index (χ4v) is 2.08. The average molecular weight is 273 g/mol. The first-order chi connectivity index (χ1) is 9.78. The van der Waals surface area contributed by atoms with E-state index in [1.165, 1.54) is 0 Å². The second-order valence-corrected chi connectivity index (χ2v) is 4.64. The Morgan fingerprint density at radius 3 is 3.10 bits per heavy atom. The number of carbonyl (C=O) groups is 1. The molecule has 0 spiro atoms. The Morgan fingerprint density at radius 1 is 1.55 bits per heavy atom. The van der Waals surface area contributed by atoms with Crippen molar-refractivity contribution in [1.82, 2.24) is 25.3 Å². The van der Waals surface area contributed by atoms with E-state index in [2.05, 4.69) is 20.4 Å². The molecule has 0 saturated carbocycles. The number of aromatic nitrogens is 3. The van der Waals surface area contributed by atoms with Crippen molar-refractivity contribution >= 4 is 6.03 Å². The van der Waals surface area contributed by atoms with Crippen LogP contribution < -0.4 is 5.32 Å². The molecule has 0 aromatic carbocycles. The Morgan fingerprint density at radius 2 is 2.40 bits per heavy atom. The van der Waals surface area contributed by atoms with Gasteiger partial charge in [-0.25, -0.2) is 4.79 Å². The summed E-state index contributed by atoms with van der Waals surface area (Å²) in [4.78, 5) is 21.7. The van der Waals surface area contributed by atoms with Gasteiger partial charge in [0.1, 0.15) is 0 Å². The summed E-state index contributed by atoms with van der Waals surface area (Å²) >= 11 is 0. The maximum atomic E-state index is 11.6. The summed E-state index contributed by atoms with van der Waals surface area (Å²) in [6.07, 6.45) is 3.39. The van der Waals surface area contributed by atoms with Gasteiger partial charge in [-0.05, 0) is 19.1 Å². The standard InChI is InChI=1S/C13H15N5O2/c1-2-15-13(19)18-7-10(8-18)12-16-11(17-20-12)9-4-3-5-14-6-9/h3-6,10H,2,7-8H2,1H3,(H,15,19). The van der Waals surface area contributed by atoms with Crippen molar-refractivity contribution in [1.29, 1.82) is 0 Å². The van der Waals surface area contributed by atoms with E-state index < -0.39 is 0 Å². The van der Waals surface area contributed by atoms with Gasteiger partial charge in [-0.2, -0.15) is 4.98 Å². The fourth-order valence-electron chi connectivity index (χ4n) is 2.08. The molecule has 0 bridgehead atoms. The lowest BCUT2D eigenvalue weighted by Gasteiger charge is -2.36. The SMILES string of the molecule is CCNC(=O)N1CC(c2nc(-c3cccnc3)no2)C1. The van der Waals surface area contributed by atoms with Crippen LogP contribution in [0.3, 0.4) is 0 Å². The molecular formula is C13H15N5O2. The van der Waals surface area contributed by atoms with Crippen LogP contribution in [-0.2, 0) is 0 Å². The highest BCUT2D eigenvalue weighted by Crippen LogP contribution is 2.27. The summed E-state index contributed by atoms with van der Waals surface area (Å²) in [6.45, 7) is 3.75. The second kappa shape index (κ2) is 5.28. The molecule has 2 aromatic rings. The van der Waals surface area contributed by atoms with Gasteiger partial charge in [0.15, 0.2) is 0 Å². The van der Waals surface area contributed by atoms with Crippen LogP contribution in [0, 0.1) is 0 Å². The van der Waals surface area contributed by atoms with Gasteiger partial charge in [-0.3, -0.25) is 4.98 Å². The Balaban J connectivity index is 1.64. The molecule has 0 unspecified atom stereocenters. The minimum atomic E-state index is -0.0456. The number of urea groups is 1. The maximum Gasteiger partial charge on any atom is 0.317 e. The van der Waals surface area contributed by atoms with E-state index in [0.29, 0.717) is 31.3 Å². The lowest BCUT2D eigenvalue weighted by Crippen LogP contribution is -2.52. The van der Waals surface area contributed by atoms with Crippen LogP contribution in [0.25, 0.3) is 11.4 Å². The Kier molecular flexibility index (Phi) is 3.32. The molecule has 1 aliphatic heterocycles. The zero-order chi connectivity index (χ0) is 13.9. The van der Waals surface area contributed by atoms with Crippen LogP contribution in [0.1, 0.15) is 18.7 Å². The minimum Gasteiger partial charge on any atom is -0.339 e. The summed E-state index contributed by atoms with van der Waals surface area (Å²) in [5.74, 6) is 1.23. The molecule has 7 heteroatoms. The van der Waals surface area contributed by atoms with E-state index in [9.17, 15) is 4.79 Å². The van der Waals surface area contributed by atoms with Crippen molar-refractivity contribution in [3.63, 3.8) is 0 Å². The topological polar surface area (TPSA) is 84.2 Å². The van der Waals surface area contributed by atoms with E-state index >= 15 is 0 Å². The quantitative estimate of drug-likeness (QED) is 0.910. The van der Waals surface area contributed by atoms with Crippen molar-refractivity contribution in [2.24, 2.45) is 0 Å². The number of amides is 2. The van der Waals surface area contributed by atoms with Gasteiger partial charge >= 0.3 is 6.03 Å². The number of nitrogens with one attached hydrogen (secondary N) is 1. The predicted molar refractivity (Wildman–Crippen MR) is 70.9 cm³/mol. The molecule has 20 heavy (non-hydrogen) atoms. The summed E-state index contributed by atoms with van der Waals surface area (Å²) in [6, 6.07) is 3.66. The van der Waals surface area contributed by atoms with Crippen molar-refractivity contribution in [2.75, 3.05) is 19.6 Å². The van der Waals surface area contributed by atoms with Gasteiger partial charge in [-0.15, -0.1) is 0 Å². The third kappa shape index (κ3) is 2.34. The fraction of sp³-hybridized carbons (Fsp3) is 0.385. The van der Waals surface area contributed by atoms with Crippen LogP contribution in [0.4, 0.5) is 4.79 Å². The van der Waals surface area contributed by atoms with Crippen LogP contribution in [0.15, 0.2) is 29.0 Å². The van der Waals surface area contributed by atoms with Gasteiger partial charge in [-0.1, -0.05) is 5.16 Å². The summed E-state index contributed by atoms with van der Waals surface area (Å²) in [5, 5.41) is 6.71. The molecule has 0 aliphatic carbocycles. The van der Waals surface area contributed by atoms with Gasteiger partial charge in [0.25, 0.3) is 0 Å². The number of carbonyl (C=O) groups excluding carboxylic acids is 1. The number of nitrogens with zero attached hydrogens (tertiary/aromatic N) is 4. The molecule has 0 atom stereocenters. The lowest BCUT2D eigenvalue weighted by molar-refractivity contribution is 0.137. The Bertz CT molecular complexity index is 592. The van der Waals surface area contributed by atoms with E-state index in [-0.39, 0.29) is 11.9 Å². The highest BCUT2D eigenvalue weighted by molar-refractivity contribution is 5.75. The van der Waals surface area contributed by atoms with Gasteiger partial charge in [0.05, 0.1) is 5.92 Å². The van der Waals surface area contributed by atoms with Crippen molar-refractivity contribution in [2.45, 2.75) is 12.8 Å². The summed E-state index contributed by atoms with van der Waals surface area (Å²) in [7, 11) is 0. The predicted octanol–water partition coefficient (Wildman–Crippen LogP) is 1.26. The number of hydrogen-bond donors (Lipinski definition) is 1. The van der Waals surface area contributed by atoms with E-state index in [4.69, 9.17) is 4.52 Å². The maximum absolute atomic E-state index is 11.6. The molecule has 2 amide bonds. The molecule has 3 rings (SSSR count). The van der Waals surface area contributed by atoms with Gasteiger partial charge < -0.3 is 14.7 Å². The Hall–Kier alpha value is -2.44. The van der Waals surface area contributed by atoms with Crippen LogP contribution >= 0.6 is 0 Å². The Labute approximate surface area is 116 Å². The zero-order valence-electron chi connectivity index (χ0n) is 11.1. The summed E-state index contributed by atoms with van der Waals surface area (Å²) in [5.41, 5.74) is 0.822. The van der Waals surface area contributed by atoms with Gasteiger partial charge in [0, 0.05) is 37.6 Å². The molecule has 0 radical (unpaired) electrons. The average Bonchev–Trinajstić information content (AvgIpc) is 2.88. The molecule has 104 valence electrons. The van der Waals surface area contributed by atoms with E-state index in [1.54, 1.807) is 17.3 Å². The highest BCUT2D eigenvalue weighted by Gasteiger charge is 2.35. The monoisotopic (exact) mass is 273 g/mol. The van der Waals surface area contributed by atoms with Crippen LogP contribution in [0.2, 0.25) is 0 Å². The molecule has 7 nitrogen and oxygen atoms in total. The first-order valence-electron chi connectivity index (χ1n) is 6.54. The van der Waals surface area contributed by atoms with Crippen molar-refractivity contribution < 1.29 is 9.32 Å². The molecular weight excluding hydrogens is 258 g/mol. The van der Waals surface area contributed by atoms with Gasteiger partial charge in [0.2, 0.25) is 11.7 Å². The lowest BCUT2D eigenvalue weighted by atomic mass is 10.0. The van der Waals surface area contributed by atoms with Crippen LogP contribution in [0.5, 0.6) is 0 Å². The molecule has 1 N–H and O–H groups in total. The van der Waals surface area contributed by atoms with E-state index in [0.717, 1.165) is 5.56 Å². The number of rotatable bonds is 3. The molecule has 1 saturated heterocycles. The van der Waals surface area contributed by atoms with Crippen molar-refractivity contribution in [3.05, 3.63) is 30.4 Å². The molecule has 2 aromatic heterocycles.